The van der Waals surface area contributed by atoms with Gasteiger partial charge < -0.3 is 5.73 Å². The number of hydrogen-bond acceptors (Lipinski definition) is 6. The van der Waals surface area contributed by atoms with E-state index in [9.17, 15) is 8.42 Å². The summed E-state index contributed by atoms with van der Waals surface area (Å²) in [5, 5.41) is 4.52. The van der Waals surface area contributed by atoms with Crippen molar-refractivity contribution in [1.29, 1.82) is 0 Å². The molecule has 0 atom stereocenters. The SMILES string of the molecule is CCc1nn(C)cc1CNS(=O)(=O)c1sc(N)nc1C. The molecule has 3 N–H and O–H groups in total. The summed E-state index contributed by atoms with van der Waals surface area (Å²) in [6, 6.07) is 0. The molecule has 0 aliphatic heterocycles. The van der Waals surface area contributed by atoms with E-state index in [0.717, 1.165) is 29.0 Å². The van der Waals surface area contributed by atoms with E-state index in [1.165, 1.54) is 0 Å². The van der Waals surface area contributed by atoms with Gasteiger partial charge in [-0.15, -0.1) is 0 Å². The second kappa shape index (κ2) is 5.51. The zero-order valence-electron chi connectivity index (χ0n) is 11.5. The number of rotatable bonds is 5. The molecule has 0 unspecified atom stereocenters. The number of thiazole rings is 1. The normalized spacial score (nSPS) is 11.9. The van der Waals surface area contributed by atoms with Crippen LogP contribution in [0, 0.1) is 6.92 Å². The number of sulfonamides is 1. The number of nitrogens with two attached hydrogens (primary N) is 1. The molecule has 0 radical (unpaired) electrons. The van der Waals surface area contributed by atoms with E-state index in [4.69, 9.17) is 5.73 Å². The molecule has 110 valence electrons. The molecule has 0 bridgehead atoms. The van der Waals surface area contributed by atoms with E-state index in [-0.39, 0.29) is 15.9 Å². The van der Waals surface area contributed by atoms with Crippen molar-refractivity contribution >= 4 is 26.5 Å². The van der Waals surface area contributed by atoms with E-state index in [1.807, 2.05) is 20.2 Å². The van der Waals surface area contributed by atoms with Gasteiger partial charge in [0.05, 0.1) is 11.4 Å². The third-order valence-corrected chi connectivity index (χ3v) is 5.79. The number of aryl methyl sites for hydroxylation is 3. The van der Waals surface area contributed by atoms with Crippen LogP contribution in [0.25, 0.3) is 0 Å². The Kier molecular flexibility index (Phi) is 4.11. The molecule has 0 aromatic carbocycles. The van der Waals surface area contributed by atoms with E-state index in [0.29, 0.717) is 5.69 Å². The number of nitrogens with zero attached hydrogens (tertiary/aromatic N) is 3. The molecular weight excluding hydrogens is 298 g/mol. The van der Waals surface area contributed by atoms with Crippen LogP contribution in [0.2, 0.25) is 0 Å². The van der Waals surface area contributed by atoms with Gasteiger partial charge in [0.25, 0.3) is 10.0 Å². The van der Waals surface area contributed by atoms with Gasteiger partial charge in [0.1, 0.15) is 0 Å². The molecule has 0 fully saturated rings. The molecule has 0 aliphatic carbocycles. The van der Waals surface area contributed by atoms with Gasteiger partial charge in [-0.25, -0.2) is 18.1 Å². The van der Waals surface area contributed by atoms with Crippen molar-refractivity contribution < 1.29 is 8.42 Å². The highest BCUT2D eigenvalue weighted by atomic mass is 32.2. The number of anilines is 1. The molecule has 0 spiro atoms. The lowest BCUT2D eigenvalue weighted by Crippen LogP contribution is -2.23. The highest BCUT2D eigenvalue weighted by Crippen LogP contribution is 2.24. The summed E-state index contributed by atoms with van der Waals surface area (Å²) >= 11 is 0.967. The maximum absolute atomic E-state index is 12.2. The number of nitrogen functional groups attached to an aromatic ring is 1. The lowest BCUT2D eigenvalue weighted by atomic mass is 10.2. The molecule has 7 nitrogen and oxygen atoms in total. The first-order valence-corrected chi connectivity index (χ1v) is 8.37. The summed E-state index contributed by atoms with van der Waals surface area (Å²) in [6.07, 6.45) is 2.57. The van der Waals surface area contributed by atoms with Gasteiger partial charge >= 0.3 is 0 Å². The van der Waals surface area contributed by atoms with Gasteiger partial charge in [-0.2, -0.15) is 5.10 Å². The van der Waals surface area contributed by atoms with Crippen molar-refractivity contribution in [2.24, 2.45) is 7.05 Å². The third-order valence-electron chi connectivity index (χ3n) is 2.79. The van der Waals surface area contributed by atoms with Crippen molar-refractivity contribution in [1.82, 2.24) is 19.5 Å². The molecule has 0 amide bonds. The van der Waals surface area contributed by atoms with Crippen molar-refractivity contribution in [3.05, 3.63) is 23.1 Å². The van der Waals surface area contributed by atoms with Crippen LogP contribution in [0.15, 0.2) is 10.4 Å². The fourth-order valence-corrected chi connectivity index (χ4v) is 4.27. The van der Waals surface area contributed by atoms with E-state index in [2.05, 4.69) is 14.8 Å². The van der Waals surface area contributed by atoms with E-state index < -0.39 is 10.0 Å². The van der Waals surface area contributed by atoms with Crippen molar-refractivity contribution in [2.45, 2.75) is 31.0 Å². The number of nitrogens with one attached hydrogen (secondary N) is 1. The Balaban J connectivity index is 2.19. The zero-order chi connectivity index (χ0) is 14.9. The number of aromatic nitrogens is 3. The Hall–Kier alpha value is -1.45. The maximum Gasteiger partial charge on any atom is 0.252 e. The lowest BCUT2D eigenvalue weighted by Gasteiger charge is -2.04. The van der Waals surface area contributed by atoms with E-state index in [1.54, 1.807) is 11.6 Å². The fourth-order valence-electron chi connectivity index (χ4n) is 1.92. The summed E-state index contributed by atoms with van der Waals surface area (Å²) in [7, 11) is -1.78. The van der Waals surface area contributed by atoms with E-state index >= 15 is 0 Å². The minimum Gasteiger partial charge on any atom is -0.375 e. The summed E-state index contributed by atoms with van der Waals surface area (Å²) in [4.78, 5) is 3.93. The van der Waals surface area contributed by atoms with Crippen LogP contribution in [-0.2, 0) is 30.0 Å². The van der Waals surface area contributed by atoms with Gasteiger partial charge in [-0.05, 0) is 13.3 Å². The monoisotopic (exact) mass is 315 g/mol. The number of hydrogen-bond donors (Lipinski definition) is 2. The Morgan fingerprint density at radius 3 is 2.75 bits per heavy atom. The largest absolute Gasteiger partial charge is 0.375 e. The Morgan fingerprint density at radius 1 is 1.50 bits per heavy atom. The second-order valence-corrected chi connectivity index (χ2v) is 7.37. The van der Waals surface area contributed by atoms with Gasteiger partial charge in [-0.1, -0.05) is 18.3 Å². The second-order valence-electron chi connectivity index (χ2n) is 4.38. The molecule has 2 heterocycles. The highest BCUT2D eigenvalue weighted by Gasteiger charge is 2.21. The quantitative estimate of drug-likeness (QED) is 0.850. The molecule has 2 aromatic heterocycles. The van der Waals surface area contributed by atoms with Gasteiger partial charge in [-0.3, -0.25) is 4.68 Å². The Morgan fingerprint density at radius 2 is 2.20 bits per heavy atom. The fraction of sp³-hybridized carbons (Fsp3) is 0.455. The van der Waals surface area contributed by atoms with Crippen LogP contribution >= 0.6 is 11.3 Å². The first-order chi connectivity index (χ1) is 9.33. The average molecular weight is 315 g/mol. The molecule has 9 heteroatoms. The van der Waals surface area contributed by atoms with Crippen LogP contribution in [0.1, 0.15) is 23.9 Å². The average Bonchev–Trinajstić information content (AvgIpc) is 2.89. The molecule has 2 rings (SSSR count). The van der Waals surface area contributed by atoms with Gasteiger partial charge in [0, 0.05) is 25.4 Å². The summed E-state index contributed by atoms with van der Waals surface area (Å²) in [6.45, 7) is 3.81. The van der Waals surface area contributed by atoms with Crippen LogP contribution in [0.4, 0.5) is 5.13 Å². The van der Waals surface area contributed by atoms with Gasteiger partial charge in [0.15, 0.2) is 9.34 Å². The highest BCUT2D eigenvalue weighted by molar-refractivity contribution is 7.91. The minimum atomic E-state index is -3.60. The molecule has 0 saturated carbocycles. The zero-order valence-corrected chi connectivity index (χ0v) is 13.2. The van der Waals surface area contributed by atoms with Gasteiger partial charge in [0.2, 0.25) is 0 Å². The molecule has 0 aliphatic rings. The molecule has 20 heavy (non-hydrogen) atoms. The van der Waals surface area contributed by atoms with Crippen LogP contribution < -0.4 is 10.5 Å². The summed E-state index contributed by atoms with van der Waals surface area (Å²) in [5.74, 6) is 0. The first kappa shape index (κ1) is 14.9. The van der Waals surface area contributed by atoms with Crippen molar-refractivity contribution in [2.75, 3.05) is 5.73 Å². The van der Waals surface area contributed by atoms with Crippen LogP contribution in [0.5, 0.6) is 0 Å². The smallest absolute Gasteiger partial charge is 0.252 e. The Bertz CT molecular complexity index is 717. The Labute approximate surface area is 121 Å². The van der Waals surface area contributed by atoms with Crippen LogP contribution in [0.3, 0.4) is 0 Å². The maximum atomic E-state index is 12.2. The lowest BCUT2D eigenvalue weighted by molar-refractivity contribution is 0.582. The van der Waals surface area contributed by atoms with Crippen molar-refractivity contribution in [3.8, 4) is 0 Å². The predicted octanol–water partition coefficient (Wildman–Crippen LogP) is 0.808. The predicted molar refractivity (Wildman–Crippen MR) is 77.9 cm³/mol. The minimum absolute atomic E-state index is 0.164. The summed E-state index contributed by atoms with van der Waals surface area (Å²) < 4.78 is 28.9. The van der Waals surface area contributed by atoms with Crippen molar-refractivity contribution in [3.63, 3.8) is 0 Å². The first-order valence-electron chi connectivity index (χ1n) is 6.07. The van der Waals surface area contributed by atoms with Crippen LogP contribution in [-0.4, -0.2) is 23.2 Å². The molecule has 0 saturated heterocycles. The summed E-state index contributed by atoms with van der Waals surface area (Å²) in [5.41, 5.74) is 7.71. The topological polar surface area (TPSA) is 103 Å². The third kappa shape index (κ3) is 3.00. The molecular formula is C11H17N5O2S2. The molecule has 2 aromatic rings. The standard InChI is InChI=1S/C11H17N5O2S2/c1-4-9-8(6-16(3)15-9)5-13-20(17,18)10-7(2)14-11(12)19-10/h6,13H,4-5H2,1-3H3,(H2,12,14).